The molecule has 1 aromatic rings. The Bertz CT molecular complexity index is 389. The third-order valence-electron chi connectivity index (χ3n) is 3.77. The molecule has 0 aliphatic carbocycles. The molecule has 0 radical (unpaired) electrons. The molecule has 1 aromatic carbocycles. The van der Waals surface area contributed by atoms with Crippen LogP contribution in [0.4, 0.5) is 0 Å². The first kappa shape index (κ1) is 13.4. The van der Waals surface area contributed by atoms with Crippen molar-refractivity contribution < 1.29 is 0 Å². The Morgan fingerprint density at radius 1 is 1.17 bits per heavy atom. The molecule has 1 saturated heterocycles. The molecule has 1 heterocycles. The van der Waals surface area contributed by atoms with Gasteiger partial charge in [0.25, 0.3) is 0 Å². The van der Waals surface area contributed by atoms with E-state index in [1.807, 2.05) is 0 Å². The van der Waals surface area contributed by atoms with Gasteiger partial charge in [0.2, 0.25) is 0 Å². The zero-order valence-electron chi connectivity index (χ0n) is 11.8. The Hall–Kier alpha value is -1.08. The zero-order valence-corrected chi connectivity index (χ0v) is 11.8. The van der Waals surface area contributed by atoms with Crippen molar-refractivity contribution in [2.24, 2.45) is 0 Å². The van der Waals surface area contributed by atoms with Gasteiger partial charge in [-0.2, -0.15) is 0 Å². The Morgan fingerprint density at radius 3 is 2.50 bits per heavy atom. The van der Waals surface area contributed by atoms with Gasteiger partial charge < -0.3 is 5.32 Å². The third kappa shape index (κ3) is 3.71. The fourth-order valence-electron chi connectivity index (χ4n) is 2.55. The van der Waals surface area contributed by atoms with Gasteiger partial charge in [-0.15, -0.1) is 0 Å². The smallest absolute Gasteiger partial charge is 0.0255 e. The van der Waals surface area contributed by atoms with E-state index in [4.69, 9.17) is 0 Å². The molecule has 1 N–H and O–H groups in total. The summed E-state index contributed by atoms with van der Waals surface area (Å²) in [5.41, 5.74) is 2.72. The second-order valence-corrected chi connectivity index (χ2v) is 5.79. The highest BCUT2D eigenvalue weighted by atomic mass is 14.9. The van der Waals surface area contributed by atoms with Crippen molar-refractivity contribution in [1.82, 2.24) is 5.32 Å². The van der Waals surface area contributed by atoms with E-state index < -0.39 is 0 Å². The minimum Gasteiger partial charge on any atom is -0.308 e. The van der Waals surface area contributed by atoms with E-state index >= 15 is 0 Å². The maximum atomic E-state index is 3.63. The van der Waals surface area contributed by atoms with Gasteiger partial charge in [-0.3, -0.25) is 0 Å². The SMILES string of the molecule is CC1CCCC(/C=C/c2ccc(C(C)C)cc2)N1. The second kappa shape index (κ2) is 6.19. The molecular weight excluding hydrogens is 218 g/mol. The first-order chi connectivity index (χ1) is 8.65. The van der Waals surface area contributed by atoms with Gasteiger partial charge in [0.1, 0.15) is 0 Å². The van der Waals surface area contributed by atoms with Crippen molar-refractivity contribution in [2.75, 3.05) is 0 Å². The van der Waals surface area contributed by atoms with Gasteiger partial charge in [-0.25, -0.2) is 0 Å². The molecule has 0 amide bonds. The summed E-state index contributed by atoms with van der Waals surface area (Å²) in [7, 11) is 0. The largest absolute Gasteiger partial charge is 0.308 e. The number of hydrogen-bond acceptors (Lipinski definition) is 1. The minimum absolute atomic E-state index is 0.554. The molecule has 0 bridgehead atoms. The normalized spacial score (nSPS) is 24.9. The van der Waals surface area contributed by atoms with Crippen molar-refractivity contribution >= 4 is 6.08 Å². The van der Waals surface area contributed by atoms with Gasteiger partial charge in [0.05, 0.1) is 0 Å². The number of rotatable bonds is 3. The van der Waals surface area contributed by atoms with Crippen LogP contribution in [0.1, 0.15) is 57.1 Å². The maximum Gasteiger partial charge on any atom is 0.0255 e. The van der Waals surface area contributed by atoms with Crippen LogP contribution in [-0.2, 0) is 0 Å². The first-order valence-corrected chi connectivity index (χ1v) is 7.19. The molecule has 2 rings (SSSR count). The fraction of sp³-hybridized carbons (Fsp3) is 0.529. The molecule has 1 aliphatic heterocycles. The van der Waals surface area contributed by atoms with Gasteiger partial charge >= 0.3 is 0 Å². The average Bonchev–Trinajstić information content (AvgIpc) is 2.37. The van der Waals surface area contributed by atoms with E-state index in [-0.39, 0.29) is 0 Å². The Labute approximate surface area is 111 Å². The van der Waals surface area contributed by atoms with Crippen molar-refractivity contribution in [3.8, 4) is 0 Å². The van der Waals surface area contributed by atoms with E-state index in [2.05, 4.69) is 62.5 Å². The summed E-state index contributed by atoms with van der Waals surface area (Å²) in [6, 6.07) is 10.1. The van der Waals surface area contributed by atoms with Crippen LogP contribution in [0.5, 0.6) is 0 Å². The number of benzene rings is 1. The highest BCUT2D eigenvalue weighted by molar-refractivity contribution is 5.50. The van der Waals surface area contributed by atoms with Crippen molar-refractivity contribution in [3.05, 3.63) is 41.5 Å². The van der Waals surface area contributed by atoms with Gasteiger partial charge in [-0.05, 0) is 36.8 Å². The van der Waals surface area contributed by atoms with Crippen LogP contribution in [0.15, 0.2) is 30.3 Å². The third-order valence-corrected chi connectivity index (χ3v) is 3.77. The molecule has 0 saturated carbocycles. The summed E-state index contributed by atoms with van der Waals surface area (Å²) in [6.45, 7) is 6.74. The van der Waals surface area contributed by atoms with Crippen LogP contribution in [0.3, 0.4) is 0 Å². The molecule has 0 spiro atoms. The van der Waals surface area contributed by atoms with Crippen molar-refractivity contribution in [2.45, 2.75) is 58.0 Å². The van der Waals surface area contributed by atoms with Crippen LogP contribution in [0.2, 0.25) is 0 Å². The highest BCUT2D eigenvalue weighted by Crippen LogP contribution is 2.17. The fourth-order valence-corrected chi connectivity index (χ4v) is 2.55. The minimum atomic E-state index is 0.554. The summed E-state index contributed by atoms with van der Waals surface area (Å²) in [6.07, 6.45) is 8.49. The monoisotopic (exact) mass is 243 g/mol. The van der Waals surface area contributed by atoms with Gasteiger partial charge in [0, 0.05) is 12.1 Å². The van der Waals surface area contributed by atoms with Crippen LogP contribution in [0.25, 0.3) is 6.08 Å². The topological polar surface area (TPSA) is 12.0 Å². The maximum absolute atomic E-state index is 3.63. The average molecular weight is 243 g/mol. The molecular formula is C17H25N. The molecule has 0 aromatic heterocycles. The molecule has 1 aliphatic rings. The summed E-state index contributed by atoms with van der Waals surface area (Å²) in [5, 5.41) is 3.63. The van der Waals surface area contributed by atoms with Gasteiger partial charge in [-0.1, -0.05) is 56.7 Å². The number of piperidine rings is 1. The highest BCUT2D eigenvalue weighted by Gasteiger charge is 2.14. The standard InChI is InChI=1S/C17H25N/c1-13(2)16-10-7-15(8-11-16)9-12-17-6-4-5-14(3)18-17/h7-14,17-18H,4-6H2,1-3H3/b12-9+. The molecule has 1 nitrogen and oxygen atoms in total. The predicted octanol–water partition coefficient (Wildman–Crippen LogP) is 4.35. The quantitative estimate of drug-likeness (QED) is 0.832. The van der Waals surface area contributed by atoms with E-state index in [0.717, 1.165) is 0 Å². The lowest BCUT2D eigenvalue weighted by Crippen LogP contribution is -2.39. The van der Waals surface area contributed by atoms with Crippen LogP contribution in [0, 0.1) is 0 Å². The van der Waals surface area contributed by atoms with E-state index in [1.165, 1.54) is 30.4 Å². The lowest BCUT2D eigenvalue weighted by Gasteiger charge is -2.26. The Balaban J connectivity index is 1.96. The molecule has 2 unspecified atom stereocenters. The lowest BCUT2D eigenvalue weighted by atomic mass is 9.98. The number of hydrogen-bond donors (Lipinski definition) is 1. The van der Waals surface area contributed by atoms with E-state index in [9.17, 15) is 0 Å². The molecule has 1 fully saturated rings. The number of nitrogens with one attached hydrogen (secondary N) is 1. The van der Waals surface area contributed by atoms with E-state index in [0.29, 0.717) is 18.0 Å². The molecule has 18 heavy (non-hydrogen) atoms. The summed E-state index contributed by atoms with van der Waals surface area (Å²) >= 11 is 0. The predicted molar refractivity (Wildman–Crippen MR) is 79.8 cm³/mol. The summed E-state index contributed by atoms with van der Waals surface area (Å²) in [4.78, 5) is 0. The van der Waals surface area contributed by atoms with Crippen LogP contribution >= 0.6 is 0 Å². The first-order valence-electron chi connectivity index (χ1n) is 7.19. The van der Waals surface area contributed by atoms with Crippen LogP contribution in [-0.4, -0.2) is 12.1 Å². The van der Waals surface area contributed by atoms with Crippen molar-refractivity contribution in [1.29, 1.82) is 0 Å². The second-order valence-electron chi connectivity index (χ2n) is 5.79. The molecule has 2 atom stereocenters. The van der Waals surface area contributed by atoms with E-state index in [1.54, 1.807) is 0 Å². The summed E-state index contributed by atoms with van der Waals surface area (Å²) < 4.78 is 0. The zero-order chi connectivity index (χ0) is 13.0. The Morgan fingerprint density at radius 2 is 1.89 bits per heavy atom. The van der Waals surface area contributed by atoms with Gasteiger partial charge in [0.15, 0.2) is 0 Å². The summed E-state index contributed by atoms with van der Waals surface area (Å²) in [5.74, 6) is 0.615. The lowest BCUT2D eigenvalue weighted by molar-refractivity contribution is 0.375. The van der Waals surface area contributed by atoms with Crippen LogP contribution < -0.4 is 5.32 Å². The molecule has 98 valence electrons. The molecule has 1 heteroatoms. The Kier molecular flexibility index (Phi) is 4.60. The van der Waals surface area contributed by atoms with Crippen molar-refractivity contribution in [3.63, 3.8) is 0 Å².